The standard InChI is InChI=1S/C26H22N2O3S/c1-17-13-19-14-23-24(31-12-11-30-23)15-22(19)28-26(17)32-16-25(29)27-21-10-6-5-9-20(21)18-7-3-2-4-8-18/h2-10,13-15H,11-12,16H2,1H3,(H,27,29). The molecule has 0 aliphatic carbocycles. The molecule has 5 nitrogen and oxygen atoms in total. The van der Waals surface area contributed by atoms with E-state index < -0.39 is 0 Å². The Morgan fingerprint density at radius 1 is 0.969 bits per heavy atom. The van der Waals surface area contributed by atoms with Gasteiger partial charge in [0, 0.05) is 22.7 Å². The van der Waals surface area contributed by atoms with Crippen LogP contribution in [0.4, 0.5) is 5.69 Å². The quantitative estimate of drug-likeness (QED) is 0.401. The van der Waals surface area contributed by atoms with Crippen molar-refractivity contribution in [2.75, 3.05) is 24.3 Å². The van der Waals surface area contributed by atoms with Gasteiger partial charge in [0.05, 0.1) is 11.3 Å². The van der Waals surface area contributed by atoms with Gasteiger partial charge in [0.2, 0.25) is 5.91 Å². The van der Waals surface area contributed by atoms with Crippen LogP contribution in [0.1, 0.15) is 5.56 Å². The number of hydrogen-bond donors (Lipinski definition) is 1. The first kappa shape index (κ1) is 20.4. The van der Waals surface area contributed by atoms with Crippen LogP contribution in [0.15, 0.2) is 77.8 Å². The van der Waals surface area contributed by atoms with Crippen LogP contribution >= 0.6 is 11.8 Å². The van der Waals surface area contributed by atoms with E-state index in [2.05, 4.69) is 11.4 Å². The number of nitrogens with one attached hydrogen (secondary N) is 1. The molecule has 1 aliphatic rings. The SMILES string of the molecule is Cc1cc2cc3c(cc2nc1SCC(=O)Nc1ccccc1-c1ccccc1)OCCO3. The normalized spacial score (nSPS) is 12.5. The van der Waals surface area contributed by atoms with Crippen LogP contribution in [0.25, 0.3) is 22.0 Å². The Bertz CT molecular complexity index is 1290. The molecule has 32 heavy (non-hydrogen) atoms. The van der Waals surface area contributed by atoms with E-state index in [0.29, 0.717) is 19.0 Å². The highest BCUT2D eigenvalue weighted by molar-refractivity contribution is 8.00. The van der Waals surface area contributed by atoms with Gasteiger partial charge in [-0.3, -0.25) is 4.79 Å². The zero-order valence-corrected chi connectivity index (χ0v) is 18.4. The van der Waals surface area contributed by atoms with Gasteiger partial charge in [0.1, 0.15) is 18.2 Å². The van der Waals surface area contributed by atoms with Gasteiger partial charge in [0.25, 0.3) is 0 Å². The minimum Gasteiger partial charge on any atom is -0.486 e. The Hall–Kier alpha value is -3.51. The summed E-state index contributed by atoms with van der Waals surface area (Å²) in [5.74, 6) is 1.67. The lowest BCUT2D eigenvalue weighted by Crippen LogP contribution is -2.15. The molecule has 4 aromatic rings. The molecule has 0 radical (unpaired) electrons. The molecule has 0 unspecified atom stereocenters. The first-order valence-electron chi connectivity index (χ1n) is 10.5. The average Bonchev–Trinajstić information content (AvgIpc) is 2.82. The van der Waals surface area contributed by atoms with Crippen molar-refractivity contribution in [3.05, 3.63) is 78.4 Å². The first-order chi connectivity index (χ1) is 15.7. The molecule has 1 aromatic heterocycles. The second-order valence-electron chi connectivity index (χ2n) is 7.55. The van der Waals surface area contributed by atoms with E-state index in [1.54, 1.807) is 0 Å². The van der Waals surface area contributed by atoms with Crippen molar-refractivity contribution < 1.29 is 14.3 Å². The van der Waals surface area contributed by atoms with E-state index in [4.69, 9.17) is 14.5 Å². The third-order valence-corrected chi connectivity index (χ3v) is 6.34. The summed E-state index contributed by atoms with van der Waals surface area (Å²) in [4.78, 5) is 17.5. The summed E-state index contributed by atoms with van der Waals surface area (Å²) >= 11 is 1.43. The number of rotatable bonds is 5. The number of hydrogen-bond acceptors (Lipinski definition) is 5. The van der Waals surface area contributed by atoms with Crippen LogP contribution in [-0.4, -0.2) is 29.9 Å². The van der Waals surface area contributed by atoms with Crippen molar-refractivity contribution in [2.45, 2.75) is 11.9 Å². The molecule has 3 aromatic carbocycles. The molecule has 1 amide bonds. The molecule has 160 valence electrons. The zero-order chi connectivity index (χ0) is 21.9. The fourth-order valence-corrected chi connectivity index (χ4v) is 4.52. The van der Waals surface area contributed by atoms with Crippen molar-refractivity contribution >= 4 is 34.3 Å². The summed E-state index contributed by atoms with van der Waals surface area (Å²) in [6.45, 7) is 3.10. The minimum absolute atomic E-state index is 0.0677. The number of para-hydroxylation sites is 1. The average molecular weight is 443 g/mol. The Labute approximate surface area is 190 Å². The maximum Gasteiger partial charge on any atom is 0.234 e. The van der Waals surface area contributed by atoms with E-state index in [1.807, 2.05) is 73.7 Å². The van der Waals surface area contributed by atoms with Crippen LogP contribution in [0.3, 0.4) is 0 Å². The molecule has 0 bridgehead atoms. The summed E-state index contributed by atoms with van der Waals surface area (Å²) in [5, 5.41) is 4.88. The van der Waals surface area contributed by atoms with E-state index in [9.17, 15) is 4.79 Å². The molecule has 0 spiro atoms. The predicted octanol–water partition coefficient (Wildman–Crippen LogP) is 5.71. The number of aryl methyl sites for hydroxylation is 1. The number of benzene rings is 3. The summed E-state index contributed by atoms with van der Waals surface area (Å²) in [5.41, 5.74) is 4.72. The Morgan fingerprint density at radius 3 is 2.50 bits per heavy atom. The van der Waals surface area contributed by atoms with Crippen LogP contribution < -0.4 is 14.8 Å². The third-order valence-electron chi connectivity index (χ3n) is 5.25. The summed E-state index contributed by atoms with van der Waals surface area (Å²) in [7, 11) is 0. The van der Waals surface area contributed by atoms with Crippen LogP contribution in [0.2, 0.25) is 0 Å². The van der Waals surface area contributed by atoms with E-state index in [1.165, 1.54) is 11.8 Å². The fraction of sp³-hybridized carbons (Fsp3) is 0.154. The van der Waals surface area contributed by atoms with Crippen molar-refractivity contribution in [3.63, 3.8) is 0 Å². The molecular formula is C26H22N2O3S. The highest BCUT2D eigenvalue weighted by Gasteiger charge is 2.15. The van der Waals surface area contributed by atoms with Crippen LogP contribution in [0, 0.1) is 6.92 Å². The van der Waals surface area contributed by atoms with Crippen molar-refractivity contribution in [3.8, 4) is 22.6 Å². The van der Waals surface area contributed by atoms with Gasteiger partial charge in [-0.25, -0.2) is 4.98 Å². The van der Waals surface area contributed by atoms with E-state index in [0.717, 1.165) is 44.1 Å². The molecule has 0 saturated carbocycles. The number of pyridine rings is 1. The molecule has 0 atom stereocenters. The van der Waals surface area contributed by atoms with E-state index >= 15 is 0 Å². The Morgan fingerprint density at radius 2 is 1.69 bits per heavy atom. The van der Waals surface area contributed by atoms with Gasteiger partial charge in [0.15, 0.2) is 11.5 Å². The second-order valence-corrected chi connectivity index (χ2v) is 8.51. The number of thioether (sulfide) groups is 1. The second kappa shape index (κ2) is 8.93. The summed E-state index contributed by atoms with van der Waals surface area (Å²) < 4.78 is 11.3. The number of anilines is 1. The smallest absolute Gasteiger partial charge is 0.234 e. The third kappa shape index (κ3) is 4.27. The molecule has 1 N–H and O–H groups in total. The molecule has 2 heterocycles. The Kier molecular flexibility index (Phi) is 5.69. The number of carbonyl (C=O) groups is 1. The number of aromatic nitrogens is 1. The van der Waals surface area contributed by atoms with E-state index in [-0.39, 0.29) is 11.7 Å². The van der Waals surface area contributed by atoms with Gasteiger partial charge in [-0.05, 0) is 36.2 Å². The fourth-order valence-electron chi connectivity index (χ4n) is 3.73. The molecular weight excluding hydrogens is 420 g/mol. The maximum absolute atomic E-state index is 12.7. The number of amides is 1. The van der Waals surface area contributed by atoms with Crippen LogP contribution in [0.5, 0.6) is 11.5 Å². The molecule has 0 fully saturated rings. The number of ether oxygens (including phenoxy) is 2. The summed E-state index contributed by atoms with van der Waals surface area (Å²) in [6.07, 6.45) is 0. The van der Waals surface area contributed by atoms with Gasteiger partial charge < -0.3 is 14.8 Å². The largest absolute Gasteiger partial charge is 0.486 e. The highest BCUT2D eigenvalue weighted by Crippen LogP contribution is 2.36. The van der Waals surface area contributed by atoms with Crippen LogP contribution in [-0.2, 0) is 4.79 Å². The maximum atomic E-state index is 12.7. The first-order valence-corrected chi connectivity index (χ1v) is 11.4. The Balaban J connectivity index is 1.32. The molecule has 1 aliphatic heterocycles. The molecule has 6 heteroatoms. The van der Waals surface area contributed by atoms with Gasteiger partial charge >= 0.3 is 0 Å². The van der Waals surface area contributed by atoms with Gasteiger partial charge in [-0.2, -0.15) is 0 Å². The topological polar surface area (TPSA) is 60.5 Å². The number of nitrogens with zero attached hydrogens (tertiary/aromatic N) is 1. The van der Waals surface area contributed by atoms with Crippen molar-refractivity contribution in [2.24, 2.45) is 0 Å². The monoisotopic (exact) mass is 442 g/mol. The summed E-state index contributed by atoms with van der Waals surface area (Å²) in [6, 6.07) is 23.8. The lowest BCUT2D eigenvalue weighted by molar-refractivity contribution is -0.113. The molecule has 5 rings (SSSR count). The highest BCUT2D eigenvalue weighted by atomic mass is 32.2. The molecule has 0 saturated heterocycles. The predicted molar refractivity (Wildman–Crippen MR) is 129 cm³/mol. The van der Waals surface area contributed by atoms with Gasteiger partial charge in [-0.1, -0.05) is 60.3 Å². The van der Waals surface area contributed by atoms with Gasteiger partial charge in [-0.15, -0.1) is 0 Å². The minimum atomic E-state index is -0.0677. The number of carbonyl (C=O) groups excluding carboxylic acids is 1. The van der Waals surface area contributed by atoms with Crippen molar-refractivity contribution in [1.29, 1.82) is 0 Å². The van der Waals surface area contributed by atoms with Crippen molar-refractivity contribution in [1.82, 2.24) is 4.98 Å². The lowest BCUT2D eigenvalue weighted by atomic mass is 10.0. The zero-order valence-electron chi connectivity index (χ0n) is 17.6. The lowest BCUT2D eigenvalue weighted by Gasteiger charge is -2.19. The number of fused-ring (bicyclic) bond motifs is 2.